The first-order chi connectivity index (χ1) is 11.2. The Morgan fingerprint density at radius 3 is 3.04 bits per heavy atom. The number of aliphatic hydroxyl groups excluding tert-OH is 1. The predicted octanol–water partition coefficient (Wildman–Crippen LogP) is 1.32. The Balaban J connectivity index is 1.86. The number of fused-ring (bicyclic) bond motifs is 3. The van der Waals surface area contributed by atoms with E-state index in [-0.39, 0.29) is 0 Å². The monoisotopic (exact) mass is 314 g/mol. The van der Waals surface area contributed by atoms with Crippen LogP contribution in [0.1, 0.15) is 12.8 Å². The normalized spacial score (nSPS) is 20.0. The fourth-order valence-corrected chi connectivity index (χ4v) is 2.83. The van der Waals surface area contributed by atoms with Crippen molar-refractivity contribution in [3.05, 3.63) is 24.5 Å². The molecule has 1 atom stereocenters. The van der Waals surface area contributed by atoms with Crippen LogP contribution < -0.4 is 19.9 Å². The molecule has 2 aliphatic rings. The summed E-state index contributed by atoms with van der Waals surface area (Å²) in [5.41, 5.74) is 0.702. The van der Waals surface area contributed by atoms with Crippen molar-refractivity contribution in [3.63, 3.8) is 0 Å². The average molecular weight is 314 g/mol. The van der Waals surface area contributed by atoms with Gasteiger partial charge in [-0.25, -0.2) is 9.97 Å². The van der Waals surface area contributed by atoms with E-state index in [0.29, 0.717) is 35.6 Å². The van der Waals surface area contributed by atoms with Gasteiger partial charge in [-0.3, -0.25) is 4.90 Å². The van der Waals surface area contributed by atoms with E-state index in [1.807, 2.05) is 18.0 Å². The van der Waals surface area contributed by atoms with Crippen molar-refractivity contribution in [2.24, 2.45) is 0 Å². The third-order valence-corrected chi connectivity index (χ3v) is 4.00. The lowest BCUT2D eigenvalue weighted by molar-refractivity contribution is 0.214. The third-order valence-electron chi connectivity index (χ3n) is 4.00. The molecule has 0 spiro atoms. The Bertz CT molecular complexity index is 725. The maximum absolute atomic E-state index is 10.4. The molecule has 0 saturated heterocycles. The lowest BCUT2D eigenvalue weighted by Crippen LogP contribution is -2.32. The van der Waals surface area contributed by atoms with Gasteiger partial charge in [-0.1, -0.05) is 0 Å². The fraction of sp³-hybridized carbons (Fsp3) is 0.400. The Morgan fingerprint density at radius 1 is 1.26 bits per heavy atom. The molecular weight excluding hydrogens is 296 g/mol. The summed E-state index contributed by atoms with van der Waals surface area (Å²) in [7, 11) is 1.96. The Hall–Kier alpha value is -2.61. The van der Waals surface area contributed by atoms with Crippen molar-refractivity contribution < 1.29 is 9.84 Å². The maximum atomic E-state index is 10.4. The molecule has 1 unspecified atom stereocenters. The standard InChI is InChI=1S/C15H18N6O2/c1-20-8-2-3-9-23-10-4-6-16-13-12(10)21(15(22)19-13)11-5-7-17-14(20)18-11/h4-7,15,22H,2-3,8-9H2,1H3,(H,16,19). The van der Waals surface area contributed by atoms with Crippen LogP contribution in [0.5, 0.6) is 5.75 Å². The predicted molar refractivity (Wildman–Crippen MR) is 86.0 cm³/mol. The number of rotatable bonds is 0. The van der Waals surface area contributed by atoms with Gasteiger partial charge in [0.15, 0.2) is 5.82 Å². The zero-order chi connectivity index (χ0) is 15.8. The molecule has 8 heteroatoms. The molecule has 8 nitrogen and oxygen atoms in total. The zero-order valence-electron chi connectivity index (χ0n) is 12.8. The molecule has 2 aromatic heterocycles. The van der Waals surface area contributed by atoms with Crippen LogP contribution in [0, 0.1) is 0 Å². The van der Waals surface area contributed by atoms with Crippen LogP contribution >= 0.6 is 0 Å². The minimum absolute atomic E-state index is 0.584. The lowest BCUT2D eigenvalue weighted by Gasteiger charge is -2.25. The van der Waals surface area contributed by atoms with Crippen LogP contribution in [0.25, 0.3) is 0 Å². The van der Waals surface area contributed by atoms with E-state index >= 15 is 0 Å². The Labute approximate surface area is 133 Å². The molecule has 2 aliphatic heterocycles. The van der Waals surface area contributed by atoms with Crippen molar-refractivity contribution in [1.29, 1.82) is 0 Å². The fourth-order valence-electron chi connectivity index (χ4n) is 2.83. The molecule has 0 aliphatic carbocycles. The third kappa shape index (κ3) is 2.40. The summed E-state index contributed by atoms with van der Waals surface area (Å²) in [6.45, 7) is 1.46. The largest absolute Gasteiger partial charge is 0.491 e. The quantitative estimate of drug-likeness (QED) is 0.753. The highest BCUT2D eigenvalue weighted by Gasteiger charge is 2.34. The zero-order valence-corrected chi connectivity index (χ0v) is 12.8. The molecule has 0 radical (unpaired) electrons. The van der Waals surface area contributed by atoms with Gasteiger partial charge in [0.2, 0.25) is 12.3 Å². The molecule has 0 fully saturated rings. The molecule has 4 rings (SSSR count). The highest BCUT2D eigenvalue weighted by atomic mass is 16.5. The Kier molecular flexibility index (Phi) is 3.38. The van der Waals surface area contributed by atoms with E-state index in [1.54, 1.807) is 23.4 Å². The van der Waals surface area contributed by atoms with Gasteiger partial charge >= 0.3 is 0 Å². The van der Waals surface area contributed by atoms with Crippen LogP contribution in [0.15, 0.2) is 24.5 Å². The van der Waals surface area contributed by atoms with Crippen molar-refractivity contribution in [1.82, 2.24) is 15.0 Å². The molecule has 4 heterocycles. The lowest BCUT2D eigenvalue weighted by atomic mass is 10.3. The molecule has 0 aromatic carbocycles. The van der Waals surface area contributed by atoms with Crippen LogP contribution in [0.2, 0.25) is 0 Å². The first-order valence-electron chi connectivity index (χ1n) is 7.64. The number of ether oxygens (including phenoxy) is 1. The van der Waals surface area contributed by atoms with E-state index in [0.717, 1.165) is 19.4 Å². The first kappa shape index (κ1) is 14.0. The second kappa shape index (κ2) is 5.54. The van der Waals surface area contributed by atoms with Gasteiger partial charge in [-0.2, -0.15) is 4.98 Å². The molecule has 0 saturated carbocycles. The summed E-state index contributed by atoms with van der Waals surface area (Å²) in [6.07, 6.45) is 4.33. The summed E-state index contributed by atoms with van der Waals surface area (Å²) < 4.78 is 5.91. The van der Waals surface area contributed by atoms with E-state index < -0.39 is 6.35 Å². The molecular formula is C15H18N6O2. The minimum atomic E-state index is -0.946. The number of aliphatic hydroxyl groups is 1. The number of nitrogens with one attached hydrogen (secondary N) is 1. The molecule has 2 N–H and O–H groups in total. The van der Waals surface area contributed by atoms with Gasteiger partial charge in [0.1, 0.15) is 17.3 Å². The summed E-state index contributed by atoms with van der Waals surface area (Å²) >= 11 is 0. The molecule has 120 valence electrons. The van der Waals surface area contributed by atoms with Gasteiger partial charge in [-0.15, -0.1) is 0 Å². The maximum Gasteiger partial charge on any atom is 0.227 e. The van der Waals surface area contributed by atoms with E-state index in [4.69, 9.17) is 4.74 Å². The highest BCUT2D eigenvalue weighted by Crippen LogP contribution is 2.44. The average Bonchev–Trinajstić information content (AvgIpc) is 2.90. The second-order valence-electron chi connectivity index (χ2n) is 5.59. The van der Waals surface area contributed by atoms with Gasteiger partial charge in [0.25, 0.3) is 0 Å². The van der Waals surface area contributed by atoms with E-state index in [1.165, 1.54) is 0 Å². The van der Waals surface area contributed by atoms with Crippen molar-refractivity contribution in [2.75, 3.05) is 35.3 Å². The summed E-state index contributed by atoms with van der Waals surface area (Å²) in [5, 5.41) is 13.3. The van der Waals surface area contributed by atoms with E-state index in [9.17, 15) is 5.11 Å². The van der Waals surface area contributed by atoms with Crippen molar-refractivity contribution in [2.45, 2.75) is 19.2 Å². The summed E-state index contributed by atoms with van der Waals surface area (Å²) in [5.74, 6) is 2.50. The molecule has 0 amide bonds. The molecule has 2 bridgehead atoms. The Morgan fingerprint density at radius 2 is 2.13 bits per heavy atom. The van der Waals surface area contributed by atoms with Gasteiger partial charge < -0.3 is 20.1 Å². The topological polar surface area (TPSA) is 86.6 Å². The van der Waals surface area contributed by atoms with Crippen molar-refractivity contribution >= 4 is 23.3 Å². The van der Waals surface area contributed by atoms with E-state index in [2.05, 4.69) is 20.3 Å². The molecule has 2 aromatic rings. The van der Waals surface area contributed by atoms with Crippen LogP contribution in [-0.4, -0.2) is 46.6 Å². The summed E-state index contributed by atoms with van der Waals surface area (Å²) in [4.78, 5) is 16.9. The molecule has 23 heavy (non-hydrogen) atoms. The SMILES string of the molecule is CN1CCCCOc2ccnc3c2N(c2ccnc1n2)C(O)N3. The van der Waals surface area contributed by atoms with Crippen LogP contribution in [0.3, 0.4) is 0 Å². The van der Waals surface area contributed by atoms with Gasteiger partial charge in [-0.05, 0) is 18.9 Å². The minimum Gasteiger partial charge on any atom is -0.491 e. The van der Waals surface area contributed by atoms with Gasteiger partial charge in [0, 0.05) is 32.1 Å². The smallest absolute Gasteiger partial charge is 0.227 e. The van der Waals surface area contributed by atoms with Crippen LogP contribution in [-0.2, 0) is 0 Å². The number of hydrogen-bond acceptors (Lipinski definition) is 8. The number of nitrogens with zero attached hydrogens (tertiary/aromatic N) is 5. The first-order valence-corrected chi connectivity index (χ1v) is 7.64. The number of anilines is 4. The number of pyridine rings is 1. The van der Waals surface area contributed by atoms with Gasteiger partial charge in [0.05, 0.1) is 6.61 Å². The highest BCUT2D eigenvalue weighted by molar-refractivity contribution is 5.83. The number of hydrogen-bond donors (Lipinski definition) is 2. The second-order valence-corrected chi connectivity index (χ2v) is 5.59. The van der Waals surface area contributed by atoms with Crippen molar-refractivity contribution in [3.8, 4) is 5.75 Å². The number of aromatic nitrogens is 3. The van der Waals surface area contributed by atoms with Crippen LogP contribution in [0.4, 0.5) is 23.3 Å². The summed E-state index contributed by atoms with van der Waals surface area (Å²) in [6, 6.07) is 3.57.